The Morgan fingerprint density at radius 1 is 1.00 bits per heavy atom. The zero-order valence-corrected chi connectivity index (χ0v) is 16.5. The molecule has 0 fully saturated rings. The zero-order chi connectivity index (χ0) is 20.1. The van der Waals surface area contributed by atoms with Gasteiger partial charge in [0.05, 0.1) is 6.61 Å². The lowest BCUT2D eigenvalue weighted by Crippen LogP contribution is -2.18. The lowest BCUT2D eigenvalue weighted by molar-refractivity contribution is 0.0919. The van der Waals surface area contributed by atoms with Gasteiger partial charge in [-0.15, -0.1) is 0 Å². The van der Waals surface area contributed by atoms with Crippen LogP contribution in [-0.4, -0.2) is 34.8 Å². The van der Waals surface area contributed by atoms with Gasteiger partial charge in [0, 0.05) is 24.9 Å². The molecule has 0 aliphatic heterocycles. The van der Waals surface area contributed by atoms with Crippen LogP contribution in [0.2, 0.25) is 0 Å². The second-order valence-corrected chi connectivity index (χ2v) is 6.81. The highest BCUT2D eigenvalue weighted by Crippen LogP contribution is 2.30. The Morgan fingerprint density at radius 3 is 2.62 bits per heavy atom. The Balaban J connectivity index is 1.65. The van der Waals surface area contributed by atoms with Crippen molar-refractivity contribution in [3.63, 3.8) is 0 Å². The van der Waals surface area contributed by atoms with Crippen molar-refractivity contribution in [1.29, 1.82) is 0 Å². The maximum atomic E-state index is 6.04. The van der Waals surface area contributed by atoms with Crippen LogP contribution in [0.5, 0.6) is 11.5 Å². The Morgan fingerprint density at radius 2 is 1.83 bits per heavy atom. The van der Waals surface area contributed by atoms with Crippen molar-refractivity contribution < 1.29 is 14.2 Å². The molecule has 0 aliphatic carbocycles. The third kappa shape index (κ3) is 4.73. The number of benzene rings is 2. The van der Waals surface area contributed by atoms with Crippen LogP contribution in [0.15, 0.2) is 66.9 Å². The van der Waals surface area contributed by atoms with Gasteiger partial charge in [0.1, 0.15) is 35.6 Å². The second-order valence-electron chi connectivity index (χ2n) is 6.81. The molecule has 0 aliphatic rings. The van der Waals surface area contributed by atoms with Gasteiger partial charge in [0.2, 0.25) is 0 Å². The molecule has 1 N–H and O–H groups in total. The largest absolute Gasteiger partial charge is 0.489 e. The van der Waals surface area contributed by atoms with Gasteiger partial charge in [-0.1, -0.05) is 30.3 Å². The number of fused-ring (bicyclic) bond motifs is 1. The van der Waals surface area contributed by atoms with Gasteiger partial charge in [0.25, 0.3) is 0 Å². The number of pyridine rings is 1. The van der Waals surface area contributed by atoms with Gasteiger partial charge in [-0.3, -0.25) is 0 Å². The Kier molecular flexibility index (Phi) is 5.72. The van der Waals surface area contributed by atoms with Crippen molar-refractivity contribution in [2.24, 2.45) is 0 Å². The predicted molar refractivity (Wildman–Crippen MR) is 112 cm³/mol. The minimum atomic E-state index is -0.0884. The molecule has 6 heteroatoms. The Labute approximate surface area is 169 Å². The van der Waals surface area contributed by atoms with Gasteiger partial charge in [0.15, 0.2) is 5.65 Å². The van der Waals surface area contributed by atoms with Crippen molar-refractivity contribution >= 4 is 11.2 Å². The number of rotatable bonds is 8. The normalized spacial score (nSPS) is 12.1. The number of nitrogens with zero attached hydrogens (tertiary/aromatic N) is 2. The molecule has 0 spiro atoms. The van der Waals surface area contributed by atoms with E-state index in [0.717, 1.165) is 22.3 Å². The number of aromatic nitrogens is 3. The molecule has 0 saturated carbocycles. The molecular formula is C23H23N3O3. The molecule has 1 atom stereocenters. The van der Waals surface area contributed by atoms with E-state index in [9.17, 15) is 0 Å². The van der Waals surface area contributed by atoms with Crippen molar-refractivity contribution in [1.82, 2.24) is 15.0 Å². The number of aromatic amines is 1. The highest BCUT2D eigenvalue weighted by atomic mass is 16.5. The smallest absolute Gasteiger partial charge is 0.157 e. The van der Waals surface area contributed by atoms with E-state index in [1.807, 2.05) is 67.6 Å². The standard InChI is InChI=1S/C23H23N3O3/c1-16(14-27-2)29-20-12-18(22-25-21-9-6-10-24-23(21)26-22)11-19(13-20)28-15-17-7-4-3-5-8-17/h3-13,16H,14-15H2,1-2H3,(H,24,25,26)/t16-/m0/s1. The third-order valence-electron chi connectivity index (χ3n) is 4.40. The number of imidazole rings is 1. The van der Waals surface area contributed by atoms with E-state index in [0.29, 0.717) is 30.5 Å². The lowest BCUT2D eigenvalue weighted by atomic mass is 10.2. The van der Waals surface area contributed by atoms with Crippen LogP contribution in [0.4, 0.5) is 0 Å². The van der Waals surface area contributed by atoms with Crippen LogP contribution in [0.1, 0.15) is 12.5 Å². The van der Waals surface area contributed by atoms with E-state index in [4.69, 9.17) is 14.2 Å². The first-order chi connectivity index (χ1) is 14.2. The summed E-state index contributed by atoms with van der Waals surface area (Å²) in [4.78, 5) is 12.2. The van der Waals surface area contributed by atoms with Crippen molar-refractivity contribution in [2.75, 3.05) is 13.7 Å². The fourth-order valence-corrected chi connectivity index (χ4v) is 3.08. The monoisotopic (exact) mass is 389 g/mol. The summed E-state index contributed by atoms with van der Waals surface area (Å²) in [5.41, 5.74) is 3.52. The summed E-state index contributed by atoms with van der Waals surface area (Å²) in [6, 6.07) is 19.6. The topological polar surface area (TPSA) is 69.3 Å². The molecule has 0 unspecified atom stereocenters. The number of nitrogens with one attached hydrogen (secondary N) is 1. The van der Waals surface area contributed by atoms with Gasteiger partial charge >= 0.3 is 0 Å². The SMILES string of the molecule is COC[C@H](C)Oc1cc(OCc2ccccc2)cc(-c2nc3cccnc3[nH]2)c1. The fourth-order valence-electron chi connectivity index (χ4n) is 3.08. The van der Waals surface area contributed by atoms with E-state index < -0.39 is 0 Å². The molecule has 148 valence electrons. The highest BCUT2D eigenvalue weighted by Gasteiger charge is 2.12. The summed E-state index contributed by atoms with van der Waals surface area (Å²) in [5, 5.41) is 0. The molecule has 4 aromatic rings. The van der Waals surface area contributed by atoms with E-state index in [1.165, 1.54) is 0 Å². The molecule has 0 saturated heterocycles. The van der Waals surface area contributed by atoms with Crippen LogP contribution < -0.4 is 9.47 Å². The zero-order valence-electron chi connectivity index (χ0n) is 16.5. The maximum Gasteiger partial charge on any atom is 0.157 e. The van der Waals surface area contributed by atoms with Gasteiger partial charge in [-0.05, 0) is 36.8 Å². The first kappa shape index (κ1) is 19.0. The van der Waals surface area contributed by atoms with Crippen LogP contribution >= 0.6 is 0 Å². The highest BCUT2D eigenvalue weighted by molar-refractivity contribution is 5.76. The van der Waals surface area contributed by atoms with Crippen LogP contribution in [0.25, 0.3) is 22.6 Å². The van der Waals surface area contributed by atoms with Gasteiger partial charge in [-0.25, -0.2) is 9.97 Å². The number of H-pyrrole nitrogens is 1. The van der Waals surface area contributed by atoms with Crippen LogP contribution in [-0.2, 0) is 11.3 Å². The van der Waals surface area contributed by atoms with E-state index in [-0.39, 0.29) is 6.10 Å². The Bertz CT molecular complexity index is 1050. The lowest BCUT2D eigenvalue weighted by Gasteiger charge is -2.16. The minimum Gasteiger partial charge on any atom is -0.489 e. The molecule has 2 aromatic heterocycles. The summed E-state index contributed by atoms with van der Waals surface area (Å²) in [6.07, 6.45) is 1.65. The molecule has 0 radical (unpaired) electrons. The Hall–Kier alpha value is -3.38. The number of ether oxygens (including phenoxy) is 3. The first-order valence-corrected chi connectivity index (χ1v) is 9.50. The molecule has 6 nitrogen and oxygen atoms in total. The molecule has 2 heterocycles. The summed E-state index contributed by atoms with van der Waals surface area (Å²) >= 11 is 0. The summed E-state index contributed by atoms with van der Waals surface area (Å²) in [6.45, 7) is 2.93. The fraction of sp³-hybridized carbons (Fsp3) is 0.217. The first-order valence-electron chi connectivity index (χ1n) is 9.50. The molecular weight excluding hydrogens is 366 g/mol. The van der Waals surface area contributed by atoms with E-state index >= 15 is 0 Å². The molecule has 29 heavy (non-hydrogen) atoms. The van der Waals surface area contributed by atoms with Crippen molar-refractivity contribution in [3.05, 3.63) is 72.4 Å². The minimum absolute atomic E-state index is 0.0884. The second kappa shape index (κ2) is 8.75. The molecule has 4 rings (SSSR count). The number of hydrogen-bond donors (Lipinski definition) is 1. The van der Waals surface area contributed by atoms with Crippen LogP contribution in [0.3, 0.4) is 0 Å². The van der Waals surface area contributed by atoms with Gasteiger partial charge < -0.3 is 19.2 Å². The summed E-state index contributed by atoms with van der Waals surface area (Å²) < 4.78 is 17.2. The maximum absolute atomic E-state index is 6.04. The molecule has 2 aromatic carbocycles. The quantitative estimate of drug-likeness (QED) is 0.476. The number of hydrogen-bond acceptors (Lipinski definition) is 5. The molecule has 0 bridgehead atoms. The van der Waals surface area contributed by atoms with Crippen molar-refractivity contribution in [2.45, 2.75) is 19.6 Å². The summed E-state index contributed by atoms with van der Waals surface area (Å²) in [7, 11) is 1.66. The van der Waals surface area contributed by atoms with Crippen LogP contribution in [0, 0.1) is 0 Å². The van der Waals surface area contributed by atoms with Gasteiger partial charge in [-0.2, -0.15) is 0 Å². The average molecular weight is 389 g/mol. The van der Waals surface area contributed by atoms with Crippen molar-refractivity contribution in [3.8, 4) is 22.9 Å². The van der Waals surface area contributed by atoms with E-state index in [2.05, 4.69) is 15.0 Å². The number of methoxy groups -OCH3 is 1. The third-order valence-corrected chi connectivity index (χ3v) is 4.40. The van der Waals surface area contributed by atoms with E-state index in [1.54, 1.807) is 13.3 Å². The predicted octanol–water partition coefficient (Wildman–Crippen LogP) is 4.62. The average Bonchev–Trinajstić information content (AvgIpc) is 3.17. The summed E-state index contributed by atoms with van der Waals surface area (Å²) in [5.74, 6) is 2.12. The molecule has 0 amide bonds.